The molecule has 0 amide bonds. The molecule has 1 aliphatic rings. The molecule has 4 nitrogen and oxygen atoms in total. The Morgan fingerprint density at radius 2 is 1.74 bits per heavy atom. The predicted molar refractivity (Wildman–Crippen MR) is 87.3 cm³/mol. The van der Waals surface area contributed by atoms with Gasteiger partial charge in [-0.15, -0.1) is 0 Å². The van der Waals surface area contributed by atoms with Crippen molar-refractivity contribution in [2.45, 2.75) is 13.8 Å². The van der Waals surface area contributed by atoms with E-state index in [4.69, 9.17) is 5.26 Å². The van der Waals surface area contributed by atoms with Gasteiger partial charge in [-0.05, 0) is 24.6 Å². The number of halogens is 2. The van der Waals surface area contributed by atoms with Crippen molar-refractivity contribution < 1.29 is 8.78 Å². The molecule has 6 heteroatoms. The van der Waals surface area contributed by atoms with Crippen molar-refractivity contribution in [2.24, 2.45) is 5.92 Å². The van der Waals surface area contributed by atoms with Crippen molar-refractivity contribution in [3.63, 3.8) is 0 Å². The Hall–Kier alpha value is -1.71. The molecule has 23 heavy (non-hydrogen) atoms. The number of nitrogens with zero attached hydrogens (tertiary/aromatic N) is 3. The van der Waals surface area contributed by atoms with E-state index in [0.29, 0.717) is 6.54 Å². The molecule has 0 unspecified atom stereocenters. The van der Waals surface area contributed by atoms with Crippen LogP contribution in [0.25, 0.3) is 0 Å². The third-order valence-corrected chi connectivity index (χ3v) is 4.28. The number of hydrogen-bond acceptors (Lipinski definition) is 4. The first-order valence-corrected chi connectivity index (χ1v) is 8.11. The van der Waals surface area contributed by atoms with E-state index >= 15 is 0 Å². The molecule has 0 bridgehead atoms. The van der Waals surface area contributed by atoms with Gasteiger partial charge in [-0.2, -0.15) is 5.26 Å². The van der Waals surface area contributed by atoms with Gasteiger partial charge in [0.25, 0.3) is 0 Å². The van der Waals surface area contributed by atoms with Crippen LogP contribution in [0.1, 0.15) is 19.4 Å². The Kier molecular flexibility index (Phi) is 6.31. The van der Waals surface area contributed by atoms with E-state index in [-0.39, 0.29) is 17.2 Å². The smallest absolute Gasteiger partial charge is 0.150 e. The van der Waals surface area contributed by atoms with Gasteiger partial charge in [0, 0.05) is 39.3 Å². The summed E-state index contributed by atoms with van der Waals surface area (Å²) >= 11 is 0. The zero-order valence-electron chi connectivity index (χ0n) is 13.8. The zero-order chi connectivity index (χ0) is 16.8. The summed E-state index contributed by atoms with van der Waals surface area (Å²) in [6.07, 6.45) is 0. The third kappa shape index (κ3) is 4.88. The molecule has 2 rings (SSSR count). The molecule has 1 atom stereocenters. The van der Waals surface area contributed by atoms with Crippen molar-refractivity contribution >= 4 is 5.69 Å². The number of nitriles is 1. The molecule has 126 valence electrons. The number of hydrogen-bond donors (Lipinski definition) is 1. The second-order valence-corrected chi connectivity index (χ2v) is 6.15. The predicted octanol–water partition coefficient (Wildman–Crippen LogP) is 2.52. The molecule has 0 aromatic heterocycles. The number of anilines is 1. The molecule has 0 aliphatic carbocycles. The molecule has 0 spiro atoms. The van der Waals surface area contributed by atoms with E-state index in [1.54, 1.807) is 6.07 Å². The van der Waals surface area contributed by atoms with Crippen LogP contribution < -0.4 is 5.32 Å². The van der Waals surface area contributed by atoms with Crippen LogP contribution in [0.15, 0.2) is 12.1 Å². The van der Waals surface area contributed by atoms with Gasteiger partial charge in [0.15, 0.2) is 11.6 Å². The maximum atomic E-state index is 13.8. The Morgan fingerprint density at radius 3 is 2.26 bits per heavy atom. The summed E-state index contributed by atoms with van der Waals surface area (Å²) < 4.78 is 27.6. The van der Waals surface area contributed by atoms with Crippen molar-refractivity contribution in [1.82, 2.24) is 9.80 Å². The first-order valence-electron chi connectivity index (χ1n) is 8.11. The molecular weight excluding hydrogens is 298 g/mol. The largest absolute Gasteiger partial charge is 0.380 e. The van der Waals surface area contributed by atoms with Crippen LogP contribution in [-0.4, -0.2) is 55.6 Å². The normalized spacial score (nSPS) is 17.7. The second-order valence-electron chi connectivity index (χ2n) is 6.15. The fraction of sp³-hybridized carbons (Fsp3) is 0.588. The highest BCUT2D eigenvalue weighted by Gasteiger charge is 2.18. The van der Waals surface area contributed by atoms with Gasteiger partial charge in [-0.1, -0.05) is 13.8 Å². The second kappa shape index (κ2) is 8.23. The van der Waals surface area contributed by atoms with Crippen LogP contribution in [0.5, 0.6) is 0 Å². The maximum absolute atomic E-state index is 13.8. The molecule has 1 aliphatic heterocycles. The lowest BCUT2D eigenvalue weighted by Crippen LogP contribution is -2.47. The van der Waals surface area contributed by atoms with Gasteiger partial charge in [-0.3, -0.25) is 0 Å². The molecule has 1 N–H and O–H groups in total. The Labute approximate surface area is 136 Å². The van der Waals surface area contributed by atoms with Crippen LogP contribution in [0.2, 0.25) is 0 Å². The molecule has 1 saturated heterocycles. The molecule has 1 aromatic carbocycles. The molecule has 1 fully saturated rings. The summed E-state index contributed by atoms with van der Waals surface area (Å²) in [6, 6.07) is 3.86. The minimum absolute atomic E-state index is 0.00704. The average molecular weight is 322 g/mol. The average Bonchev–Trinajstić information content (AvgIpc) is 2.54. The van der Waals surface area contributed by atoms with E-state index in [2.05, 4.69) is 29.0 Å². The number of nitrogens with one attached hydrogen (secondary N) is 1. The summed E-state index contributed by atoms with van der Waals surface area (Å²) in [7, 11) is 0. The molecule has 1 heterocycles. The number of piperazine rings is 1. The van der Waals surface area contributed by atoms with E-state index in [1.807, 2.05) is 0 Å². The first-order chi connectivity index (χ1) is 11.0. The molecular formula is C17H24F2N4. The van der Waals surface area contributed by atoms with E-state index < -0.39 is 11.6 Å². The topological polar surface area (TPSA) is 42.3 Å². The highest BCUT2D eigenvalue weighted by atomic mass is 19.1. The molecule has 0 saturated carbocycles. The SMILES string of the molecule is CCN1CCN(C[C@H](C)CNc2c(F)cc(C#N)cc2F)CC1. The molecule has 0 radical (unpaired) electrons. The van der Waals surface area contributed by atoms with Crippen LogP contribution in [0, 0.1) is 28.9 Å². The zero-order valence-corrected chi connectivity index (χ0v) is 13.8. The number of benzene rings is 1. The Bertz CT molecular complexity index is 539. The minimum Gasteiger partial charge on any atom is -0.380 e. The number of rotatable bonds is 6. The van der Waals surface area contributed by atoms with Crippen LogP contribution in [-0.2, 0) is 0 Å². The molecule has 1 aromatic rings. The highest BCUT2D eigenvalue weighted by Crippen LogP contribution is 2.21. The van der Waals surface area contributed by atoms with Gasteiger partial charge < -0.3 is 15.1 Å². The van der Waals surface area contributed by atoms with E-state index in [1.165, 1.54) is 0 Å². The van der Waals surface area contributed by atoms with Crippen LogP contribution >= 0.6 is 0 Å². The van der Waals surface area contributed by atoms with Crippen LogP contribution in [0.3, 0.4) is 0 Å². The van der Waals surface area contributed by atoms with Gasteiger partial charge >= 0.3 is 0 Å². The highest BCUT2D eigenvalue weighted by molar-refractivity contribution is 5.50. The van der Waals surface area contributed by atoms with Gasteiger partial charge in [0.05, 0.1) is 11.6 Å². The lowest BCUT2D eigenvalue weighted by atomic mass is 10.1. The van der Waals surface area contributed by atoms with Gasteiger partial charge in [0.2, 0.25) is 0 Å². The van der Waals surface area contributed by atoms with E-state index in [9.17, 15) is 8.78 Å². The Balaban J connectivity index is 1.83. The van der Waals surface area contributed by atoms with Crippen molar-refractivity contribution in [1.29, 1.82) is 5.26 Å². The van der Waals surface area contributed by atoms with Gasteiger partial charge in [0.1, 0.15) is 5.69 Å². The van der Waals surface area contributed by atoms with Crippen molar-refractivity contribution in [3.8, 4) is 6.07 Å². The maximum Gasteiger partial charge on any atom is 0.150 e. The van der Waals surface area contributed by atoms with Gasteiger partial charge in [-0.25, -0.2) is 8.78 Å². The first kappa shape index (κ1) is 17.6. The summed E-state index contributed by atoms with van der Waals surface area (Å²) in [5.74, 6) is -1.16. The quantitative estimate of drug-likeness (QED) is 0.874. The fourth-order valence-corrected chi connectivity index (χ4v) is 2.88. The lowest BCUT2D eigenvalue weighted by Gasteiger charge is -2.35. The van der Waals surface area contributed by atoms with Crippen molar-refractivity contribution in [3.05, 3.63) is 29.3 Å². The summed E-state index contributed by atoms with van der Waals surface area (Å²) in [4.78, 5) is 4.81. The minimum atomic E-state index is -0.717. The third-order valence-electron chi connectivity index (χ3n) is 4.28. The van der Waals surface area contributed by atoms with E-state index in [0.717, 1.165) is 51.4 Å². The summed E-state index contributed by atoms with van der Waals surface area (Å²) in [6.45, 7) is 11.0. The summed E-state index contributed by atoms with van der Waals surface area (Å²) in [5, 5.41) is 11.5. The number of likely N-dealkylation sites (N-methyl/N-ethyl adjacent to an activating group) is 1. The van der Waals surface area contributed by atoms with Crippen molar-refractivity contribution in [2.75, 3.05) is 51.1 Å². The Morgan fingerprint density at radius 1 is 1.17 bits per heavy atom. The standard InChI is InChI=1S/C17H24F2N4/c1-3-22-4-6-23(7-5-22)12-13(2)11-21-17-15(18)8-14(10-20)9-16(17)19/h8-9,13,21H,3-7,11-12H2,1-2H3/t13-/m1/s1. The lowest BCUT2D eigenvalue weighted by molar-refractivity contribution is 0.126. The van der Waals surface area contributed by atoms with Crippen LogP contribution in [0.4, 0.5) is 14.5 Å². The monoisotopic (exact) mass is 322 g/mol. The summed E-state index contributed by atoms with van der Waals surface area (Å²) in [5.41, 5.74) is -0.154. The fourth-order valence-electron chi connectivity index (χ4n) is 2.88.